The Hall–Kier alpha value is -4.48. The predicted octanol–water partition coefficient (Wildman–Crippen LogP) is 1.19. The molecule has 2 aliphatic heterocycles. The lowest BCUT2D eigenvalue weighted by atomic mass is 10.0. The first-order chi connectivity index (χ1) is 17.8. The first-order valence-corrected chi connectivity index (χ1v) is 11.8. The van der Waals surface area contributed by atoms with Crippen molar-refractivity contribution in [3.05, 3.63) is 46.1 Å². The third-order valence-electron chi connectivity index (χ3n) is 6.14. The highest BCUT2D eigenvalue weighted by Crippen LogP contribution is 2.28. The number of carbonyl (C=O) groups excluding carboxylic acids is 3. The summed E-state index contributed by atoms with van der Waals surface area (Å²) in [5.74, 6) is 2.93. The number of anilines is 1. The molecule has 11 heteroatoms. The highest BCUT2D eigenvalue weighted by atomic mass is 16.2. The van der Waals surface area contributed by atoms with Gasteiger partial charge in [-0.2, -0.15) is 5.26 Å². The number of aryl methyl sites for hydroxylation is 1. The Bertz CT molecular complexity index is 1240. The van der Waals surface area contributed by atoms with Gasteiger partial charge < -0.3 is 10.2 Å². The number of aliphatic imine (C=N–C) groups is 1. The third kappa shape index (κ3) is 6.60. The molecular weight excluding hydrogens is 472 g/mol. The zero-order valence-electron chi connectivity index (χ0n) is 21.1. The van der Waals surface area contributed by atoms with Crippen LogP contribution >= 0.6 is 0 Å². The van der Waals surface area contributed by atoms with Crippen LogP contribution in [0.2, 0.25) is 0 Å². The maximum Gasteiger partial charge on any atom is 0.328 e. The molecule has 1 fully saturated rings. The average Bonchev–Trinajstić information content (AvgIpc) is 2.90. The van der Waals surface area contributed by atoms with E-state index in [0.717, 1.165) is 12.1 Å². The summed E-state index contributed by atoms with van der Waals surface area (Å²) in [7, 11) is 1.89. The van der Waals surface area contributed by atoms with Gasteiger partial charge in [0.25, 0.3) is 0 Å². The molecule has 192 valence electrons. The molecule has 1 saturated heterocycles. The van der Waals surface area contributed by atoms with Crippen LogP contribution in [0.4, 0.5) is 10.6 Å². The fraction of sp³-hybridized carbons (Fsp3) is 0.385. The van der Waals surface area contributed by atoms with Crippen molar-refractivity contribution in [2.45, 2.75) is 26.3 Å². The molecule has 0 spiro atoms. The maximum absolute atomic E-state index is 13.2. The number of hydrogen-bond acceptors (Lipinski definition) is 8. The van der Waals surface area contributed by atoms with Crippen LogP contribution in [-0.4, -0.2) is 79.5 Å². The van der Waals surface area contributed by atoms with Crippen LogP contribution in [-0.2, 0) is 17.8 Å². The van der Waals surface area contributed by atoms with E-state index in [1.54, 1.807) is 11.8 Å². The van der Waals surface area contributed by atoms with Gasteiger partial charge in [0.2, 0.25) is 5.91 Å². The summed E-state index contributed by atoms with van der Waals surface area (Å²) in [6.45, 7) is 7.63. The number of allylic oxidation sites excluding steroid dienone is 2. The van der Waals surface area contributed by atoms with Gasteiger partial charge in [0, 0.05) is 43.4 Å². The lowest BCUT2D eigenvalue weighted by molar-refractivity contribution is -0.136. The van der Waals surface area contributed by atoms with Crippen molar-refractivity contribution >= 4 is 30.8 Å². The topological polar surface area (TPSA) is 134 Å². The molecule has 0 saturated carbocycles. The number of pyridine rings is 1. The van der Waals surface area contributed by atoms with Gasteiger partial charge in [-0.25, -0.2) is 14.8 Å². The van der Waals surface area contributed by atoms with Crippen LogP contribution in [0.25, 0.3) is 0 Å². The summed E-state index contributed by atoms with van der Waals surface area (Å²) in [6.07, 6.45) is 8.80. The van der Waals surface area contributed by atoms with Crippen LogP contribution in [0.5, 0.6) is 0 Å². The number of nitrogens with one attached hydrogen (secondary N) is 2. The highest BCUT2D eigenvalue weighted by molar-refractivity contribution is 5.94. The second-order valence-corrected chi connectivity index (χ2v) is 8.77. The van der Waals surface area contributed by atoms with Crippen molar-refractivity contribution in [2.75, 3.05) is 44.7 Å². The number of nitrogens with zero attached hydrogens (tertiary/aromatic N) is 6. The fourth-order valence-corrected chi connectivity index (χ4v) is 4.12. The smallest absolute Gasteiger partial charge is 0.328 e. The first-order valence-electron chi connectivity index (χ1n) is 11.8. The van der Waals surface area contributed by atoms with Gasteiger partial charge in [-0.3, -0.25) is 24.7 Å². The van der Waals surface area contributed by atoms with Gasteiger partial charge in [0.1, 0.15) is 17.3 Å². The number of urea groups is 1. The third-order valence-corrected chi connectivity index (χ3v) is 6.14. The van der Waals surface area contributed by atoms with Crippen molar-refractivity contribution in [3.63, 3.8) is 0 Å². The van der Waals surface area contributed by atoms with E-state index in [1.807, 2.05) is 24.1 Å². The molecule has 2 aliphatic rings. The lowest BCUT2D eigenvalue weighted by Crippen LogP contribution is -2.48. The van der Waals surface area contributed by atoms with E-state index in [-0.39, 0.29) is 24.0 Å². The van der Waals surface area contributed by atoms with E-state index in [0.29, 0.717) is 68.0 Å². The summed E-state index contributed by atoms with van der Waals surface area (Å²) in [6, 6.07) is 3.39. The second-order valence-electron chi connectivity index (χ2n) is 8.77. The van der Waals surface area contributed by atoms with Crippen molar-refractivity contribution in [1.29, 1.82) is 5.26 Å². The van der Waals surface area contributed by atoms with Gasteiger partial charge in [-0.05, 0) is 45.2 Å². The van der Waals surface area contributed by atoms with Crippen LogP contribution in [0.15, 0.2) is 34.2 Å². The van der Waals surface area contributed by atoms with E-state index in [4.69, 9.17) is 6.42 Å². The molecule has 0 unspecified atom stereocenters. The minimum atomic E-state index is -0.503. The fourth-order valence-electron chi connectivity index (χ4n) is 4.12. The number of carbonyl (C=O) groups is 3. The van der Waals surface area contributed by atoms with Gasteiger partial charge in [0.15, 0.2) is 6.29 Å². The Labute approximate surface area is 216 Å². The standard InChI is InChI=1S/C26H30N8O3/c1-5-8-29-21(18(2)14-27)13-23(28-3)31-26(37)34-9-6-7-19-12-20(22(17-35)30-25(19)34)15-33-11-10-32(4)16-24(33)36/h1,12-13,17,29H,3,6-11,15-16H2,2,4H3,(H,31,37)/b21-18-,23-13+. The maximum atomic E-state index is 13.2. The van der Waals surface area contributed by atoms with Crippen LogP contribution in [0.3, 0.4) is 0 Å². The molecule has 3 heterocycles. The van der Waals surface area contributed by atoms with E-state index >= 15 is 0 Å². The summed E-state index contributed by atoms with van der Waals surface area (Å²) >= 11 is 0. The van der Waals surface area contributed by atoms with Crippen molar-refractivity contribution < 1.29 is 14.4 Å². The molecule has 3 amide bonds. The highest BCUT2D eigenvalue weighted by Gasteiger charge is 2.28. The van der Waals surface area contributed by atoms with Crippen molar-refractivity contribution in [1.82, 2.24) is 25.4 Å². The quantitative estimate of drug-likeness (QED) is 0.179. The van der Waals surface area contributed by atoms with Crippen LogP contribution in [0.1, 0.15) is 35.0 Å². The Morgan fingerprint density at radius 1 is 1.38 bits per heavy atom. The number of piperazine rings is 1. The minimum absolute atomic E-state index is 0.00245. The van der Waals surface area contributed by atoms with Crippen LogP contribution < -0.4 is 15.5 Å². The lowest BCUT2D eigenvalue weighted by Gasteiger charge is -2.33. The monoisotopic (exact) mass is 502 g/mol. The van der Waals surface area contributed by atoms with E-state index in [2.05, 4.69) is 33.2 Å². The van der Waals surface area contributed by atoms with Gasteiger partial charge >= 0.3 is 6.03 Å². The zero-order valence-corrected chi connectivity index (χ0v) is 21.1. The van der Waals surface area contributed by atoms with E-state index in [1.165, 1.54) is 11.0 Å². The first kappa shape index (κ1) is 27.1. The van der Waals surface area contributed by atoms with E-state index < -0.39 is 6.03 Å². The number of fused-ring (bicyclic) bond motifs is 1. The predicted molar refractivity (Wildman–Crippen MR) is 140 cm³/mol. The second kappa shape index (κ2) is 12.5. The molecule has 0 bridgehead atoms. The molecule has 0 aromatic carbocycles. The van der Waals surface area contributed by atoms with Gasteiger partial charge in [-0.1, -0.05) is 5.92 Å². The summed E-state index contributed by atoms with van der Waals surface area (Å²) < 4.78 is 0. The molecule has 0 atom stereocenters. The molecule has 0 aliphatic carbocycles. The number of likely N-dealkylation sites (N-methyl/N-ethyl adjacent to an activating group) is 1. The molecule has 1 aromatic heterocycles. The summed E-state index contributed by atoms with van der Waals surface area (Å²) in [4.78, 5) is 51.0. The van der Waals surface area contributed by atoms with Crippen molar-refractivity contribution in [2.24, 2.45) is 4.99 Å². The molecule has 11 nitrogen and oxygen atoms in total. The number of nitriles is 1. The average molecular weight is 503 g/mol. The van der Waals surface area contributed by atoms with E-state index in [9.17, 15) is 19.6 Å². The Balaban J connectivity index is 1.85. The Morgan fingerprint density at radius 3 is 2.81 bits per heavy atom. The molecule has 37 heavy (non-hydrogen) atoms. The van der Waals surface area contributed by atoms with Crippen molar-refractivity contribution in [3.8, 4) is 18.4 Å². The largest absolute Gasteiger partial charge is 0.373 e. The SMILES string of the molecule is C#CCNC(/C=C(\N=C)NC(=O)N1CCCc2cc(CN3CCN(C)CC3=O)c(C=O)nc21)=C(/C)C#N. The zero-order chi connectivity index (χ0) is 26.9. The number of aldehydes is 1. The normalized spacial score (nSPS) is 16.6. The molecule has 0 radical (unpaired) electrons. The molecule has 2 N–H and O–H groups in total. The molecule has 3 rings (SSSR count). The minimum Gasteiger partial charge on any atom is -0.373 e. The summed E-state index contributed by atoms with van der Waals surface area (Å²) in [5.41, 5.74) is 2.43. The number of hydrogen-bond donors (Lipinski definition) is 2. The number of terminal acetylenes is 1. The number of aromatic nitrogens is 1. The summed E-state index contributed by atoms with van der Waals surface area (Å²) in [5, 5.41) is 14.9. The number of rotatable bonds is 8. The van der Waals surface area contributed by atoms with Gasteiger partial charge in [-0.15, -0.1) is 6.42 Å². The molecule has 1 aromatic rings. The van der Waals surface area contributed by atoms with Gasteiger partial charge in [0.05, 0.1) is 24.9 Å². The molecular formula is C26H30N8O3. The van der Waals surface area contributed by atoms with Crippen LogP contribution in [0, 0.1) is 23.7 Å². The number of amides is 3. The Kier molecular flexibility index (Phi) is 9.14. The Morgan fingerprint density at radius 2 is 2.16 bits per heavy atom.